The lowest BCUT2D eigenvalue weighted by Gasteiger charge is -2.40. The second kappa shape index (κ2) is 20.6. The minimum Gasteiger partial charge on any atom is -0.462 e. The zero-order valence-electron chi connectivity index (χ0n) is 38.8. The van der Waals surface area contributed by atoms with Crippen molar-refractivity contribution in [2.75, 3.05) is 42.0 Å². The molecule has 3 heterocycles. The molecule has 6 aliphatic rings. The summed E-state index contributed by atoms with van der Waals surface area (Å²) in [5.41, 5.74) is 1.84. The molecule has 0 bridgehead atoms. The number of ether oxygens (including phenoxy) is 8. The first-order chi connectivity index (χ1) is 29.3. The van der Waals surface area contributed by atoms with Gasteiger partial charge in [0.2, 0.25) is 0 Å². The Hall–Kier alpha value is -1.81. The van der Waals surface area contributed by atoms with Gasteiger partial charge in [-0.25, -0.2) is 4.98 Å². The molecule has 12 nitrogen and oxygen atoms in total. The first kappa shape index (κ1) is 47.2. The summed E-state index contributed by atoms with van der Waals surface area (Å²) in [6.45, 7) is 12.9. The highest BCUT2D eigenvalue weighted by atomic mass is 32.1. The molecule has 0 aromatic carbocycles. The summed E-state index contributed by atoms with van der Waals surface area (Å²) in [6, 6.07) is 0.324. The lowest BCUT2D eigenvalue weighted by atomic mass is 9.67. The summed E-state index contributed by atoms with van der Waals surface area (Å²) >= 11 is 1.86. The van der Waals surface area contributed by atoms with E-state index in [0.717, 1.165) is 69.1 Å². The van der Waals surface area contributed by atoms with E-state index in [2.05, 4.69) is 52.8 Å². The fourth-order valence-corrected chi connectivity index (χ4v) is 13.2. The minimum absolute atomic E-state index is 0.0212. The van der Waals surface area contributed by atoms with Gasteiger partial charge in [0.05, 0.1) is 41.5 Å². The smallest absolute Gasteiger partial charge is 0.306 e. The maximum Gasteiger partial charge on any atom is 0.306 e. The molecule has 1 aromatic rings. The van der Waals surface area contributed by atoms with Gasteiger partial charge in [-0.1, -0.05) is 33.8 Å². The molecule has 7 rings (SSSR count). The number of rotatable bonds is 16. The number of nitrogens with zero attached hydrogens (tertiary/aromatic N) is 2. The number of likely N-dealkylation sites (N-methyl/N-ethyl adjacent to an activating group) is 1. The number of hydrogen-bond donors (Lipinski definition) is 0. The number of thiazole rings is 1. The highest BCUT2D eigenvalue weighted by molar-refractivity contribution is 7.12. The number of aromatic nitrogens is 1. The van der Waals surface area contributed by atoms with Crippen LogP contribution in [0.15, 0.2) is 11.6 Å². The largest absolute Gasteiger partial charge is 0.462 e. The first-order valence-corrected chi connectivity index (χ1v) is 24.4. The Morgan fingerprint density at radius 1 is 0.918 bits per heavy atom. The molecule has 2 aliphatic heterocycles. The molecule has 13 heteroatoms. The van der Waals surface area contributed by atoms with Gasteiger partial charge >= 0.3 is 5.97 Å². The van der Waals surface area contributed by atoms with E-state index < -0.39 is 24.4 Å². The number of allylic oxidation sites excluding steroid dienone is 2. The molecule has 16 atom stereocenters. The lowest BCUT2D eigenvalue weighted by molar-refractivity contribution is -0.250. The van der Waals surface area contributed by atoms with Gasteiger partial charge < -0.3 is 42.8 Å². The number of ketones is 1. The Balaban J connectivity index is 1.20. The van der Waals surface area contributed by atoms with Crippen LogP contribution in [-0.2, 0) is 47.5 Å². The molecular weight excluding hydrogens is 797 g/mol. The van der Waals surface area contributed by atoms with E-state index in [0.29, 0.717) is 25.0 Å². The SMILES string of the molecule is CCOC(C(OC)C(C)C)C(OC)C(OC)O[C@H]1C[C@H]2[C@@H]3C=C4C(=O)[C@H](C)[C@@H](O[C@H]5CC[C@H](N(C)C)C(C)O5)CCC[C@H](CC)OC(=O)C[C@H]4[C@@H]3c3nc(C4CC4)sc3[C@@H]2C1. The maximum atomic E-state index is 15.2. The summed E-state index contributed by atoms with van der Waals surface area (Å²) < 4.78 is 50.9. The van der Waals surface area contributed by atoms with Crippen LogP contribution in [0.2, 0.25) is 0 Å². The second-order valence-electron chi connectivity index (χ2n) is 19.4. The van der Waals surface area contributed by atoms with Gasteiger partial charge in [0.1, 0.15) is 18.3 Å². The van der Waals surface area contributed by atoms with Crippen molar-refractivity contribution < 1.29 is 47.5 Å². The van der Waals surface area contributed by atoms with E-state index in [1.165, 1.54) is 9.88 Å². The predicted octanol–water partition coefficient (Wildman–Crippen LogP) is 8.17. The number of cyclic esters (lactones) is 1. The number of fused-ring (bicyclic) bond motifs is 8. The third kappa shape index (κ3) is 10.1. The molecule has 1 aromatic heterocycles. The van der Waals surface area contributed by atoms with Crippen molar-refractivity contribution >= 4 is 23.1 Å². The molecule has 344 valence electrons. The number of esters is 1. The third-order valence-electron chi connectivity index (χ3n) is 15.0. The zero-order chi connectivity index (χ0) is 43.7. The van der Waals surface area contributed by atoms with E-state index >= 15 is 4.79 Å². The number of Topliss-reactive ketones (excluding diaryl/α,β-unsaturated/α-hetero) is 1. The molecule has 0 amide bonds. The van der Waals surface area contributed by atoms with Crippen molar-refractivity contribution in [3.8, 4) is 0 Å². The monoisotopic (exact) mass is 873 g/mol. The Bertz CT molecular complexity index is 1660. The summed E-state index contributed by atoms with van der Waals surface area (Å²) in [4.78, 5) is 38.1. The van der Waals surface area contributed by atoms with Crippen molar-refractivity contribution in [2.24, 2.45) is 29.6 Å². The van der Waals surface area contributed by atoms with Gasteiger partial charge in [0.15, 0.2) is 18.4 Å². The third-order valence-corrected chi connectivity index (χ3v) is 16.4. The lowest BCUT2D eigenvalue weighted by Crippen LogP contribution is -2.51. The minimum atomic E-state index is -0.690. The normalized spacial score (nSPS) is 36.5. The van der Waals surface area contributed by atoms with E-state index in [4.69, 9.17) is 42.9 Å². The molecule has 2 saturated heterocycles. The van der Waals surface area contributed by atoms with Crippen LogP contribution in [0.25, 0.3) is 0 Å². The summed E-state index contributed by atoms with van der Waals surface area (Å²) in [7, 11) is 9.25. The van der Waals surface area contributed by atoms with Crippen LogP contribution in [0.4, 0.5) is 0 Å². The van der Waals surface area contributed by atoms with Crippen LogP contribution >= 0.6 is 11.3 Å². The Labute approximate surface area is 369 Å². The van der Waals surface area contributed by atoms with Gasteiger partial charge in [-0.3, -0.25) is 9.59 Å². The number of hydrogen-bond acceptors (Lipinski definition) is 13. The topological polar surface area (TPSA) is 124 Å². The quantitative estimate of drug-likeness (QED) is 0.118. The van der Waals surface area contributed by atoms with E-state index in [1.54, 1.807) is 21.3 Å². The number of methoxy groups -OCH3 is 3. The molecule has 0 N–H and O–H groups in total. The average molecular weight is 873 g/mol. The zero-order valence-corrected chi connectivity index (χ0v) is 39.7. The standard InChI is InChI=1S/C48H76N2O10S/c1-12-29-15-14-16-37(60-39-20-19-36(50(7)8)27(6)57-39)26(5)42(52)34-23-32-31-21-30(59-48(55-11)45(54-10)44(56-13-2)43(53-9)25(3)4)22-35(31)46-41(49-47(61-46)28-17-18-28)40(32)33(34)24-38(51)58-29/h23,25-33,35-37,39-40,43-45,48H,12-22,24H2,1-11H3/t26-,27?,29+,30+,31+,32+,33-,35-,36+,37+,39+,40-,43?,44?,45?,48?/m1/s1. The van der Waals surface area contributed by atoms with Crippen LogP contribution in [-0.4, -0.2) is 125 Å². The molecule has 2 saturated carbocycles. The van der Waals surface area contributed by atoms with Crippen molar-refractivity contribution in [3.63, 3.8) is 0 Å². The highest BCUT2D eigenvalue weighted by Gasteiger charge is 2.57. The Morgan fingerprint density at radius 3 is 2.30 bits per heavy atom. The summed E-state index contributed by atoms with van der Waals surface area (Å²) in [5.74, 6) is 0.129. The molecule has 0 spiro atoms. The molecular formula is C48H76N2O10S. The molecule has 4 fully saturated rings. The first-order valence-electron chi connectivity index (χ1n) is 23.6. The predicted molar refractivity (Wildman–Crippen MR) is 234 cm³/mol. The summed E-state index contributed by atoms with van der Waals surface area (Å²) in [6.07, 6.45) is 8.22. The van der Waals surface area contributed by atoms with Crippen molar-refractivity contribution in [1.82, 2.24) is 9.88 Å². The van der Waals surface area contributed by atoms with Crippen LogP contribution in [0.3, 0.4) is 0 Å². The molecule has 4 aliphatic carbocycles. The van der Waals surface area contributed by atoms with Gasteiger partial charge in [0, 0.05) is 68.4 Å². The van der Waals surface area contributed by atoms with E-state index in [1.807, 2.05) is 25.2 Å². The fraction of sp³-hybridized carbons (Fsp3) is 0.854. The van der Waals surface area contributed by atoms with E-state index in [9.17, 15) is 4.79 Å². The molecule has 0 radical (unpaired) electrons. The van der Waals surface area contributed by atoms with Gasteiger partial charge in [-0.05, 0) is 115 Å². The van der Waals surface area contributed by atoms with Crippen molar-refractivity contribution in [2.45, 2.75) is 191 Å². The molecule has 61 heavy (non-hydrogen) atoms. The Kier molecular flexibility index (Phi) is 15.9. The van der Waals surface area contributed by atoms with Crippen LogP contribution in [0, 0.1) is 29.6 Å². The van der Waals surface area contributed by atoms with E-state index in [-0.39, 0.29) is 90.5 Å². The van der Waals surface area contributed by atoms with Gasteiger partial charge in [0.25, 0.3) is 0 Å². The van der Waals surface area contributed by atoms with Crippen LogP contribution in [0.5, 0.6) is 0 Å². The molecule has 5 unspecified atom stereocenters. The Morgan fingerprint density at radius 2 is 1.67 bits per heavy atom. The van der Waals surface area contributed by atoms with Gasteiger partial charge in [-0.15, -0.1) is 11.3 Å². The van der Waals surface area contributed by atoms with Crippen molar-refractivity contribution in [1.29, 1.82) is 0 Å². The van der Waals surface area contributed by atoms with Crippen LogP contribution in [0.1, 0.15) is 146 Å². The fourth-order valence-electron chi connectivity index (χ4n) is 11.7. The maximum absolute atomic E-state index is 15.2. The van der Waals surface area contributed by atoms with Crippen LogP contribution < -0.4 is 0 Å². The van der Waals surface area contributed by atoms with Crippen molar-refractivity contribution in [3.05, 3.63) is 27.2 Å². The number of carbonyl (C=O) groups excluding carboxylic acids is 2. The summed E-state index contributed by atoms with van der Waals surface area (Å²) in [5, 5.41) is 1.20. The second-order valence-corrected chi connectivity index (χ2v) is 20.5. The van der Waals surface area contributed by atoms with Gasteiger partial charge in [-0.2, -0.15) is 0 Å². The number of carbonyl (C=O) groups is 2. The average Bonchev–Trinajstić information content (AvgIpc) is 3.67. The highest BCUT2D eigenvalue weighted by Crippen LogP contribution is 2.63.